The van der Waals surface area contributed by atoms with Crippen molar-refractivity contribution in [2.24, 2.45) is 7.05 Å². The fourth-order valence-electron chi connectivity index (χ4n) is 1.60. The van der Waals surface area contributed by atoms with Crippen LogP contribution in [0.3, 0.4) is 0 Å². The maximum Gasteiger partial charge on any atom is 0.189 e. The molecule has 0 unspecified atom stereocenters. The van der Waals surface area contributed by atoms with Crippen molar-refractivity contribution in [1.29, 1.82) is 0 Å². The Morgan fingerprint density at radius 1 is 1.47 bits per heavy atom. The molecule has 5 heteroatoms. The van der Waals surface area contributed by atoms with Crippen LogP contribution in [0, 0.1) is 5.82 Å². The van der Waals surface area contributed by atoms with Gasteiger partial charge in [-0.15, -0.1) is 0 Å². The van der Waals surface area contributed by atoms with Crippen molar-refractivity contribution in [2.45, 2.75) is 0 Å². The highest BCUT2D eigenvalue weighted by molar-refractivity contribution is 6.06. The second-order valence-electron chi connectivity index (χ2n) is 3.99. The first-order chi connectivity index (χ1) is 9.10. The maximum atomic E-state index is 13.4. The van der Waals surface area contributed by atoms with Crippen LogP contribution in [0.5, 0.6) is 5.75 Å². The van der Waals surface area contributed by atoms with Crippen LogP contribution in [-0.4, -0.2) is 22.7 Å². The van der Waals surface area contributed by atoms with Crippen molar-refractivity contribution in [2.75, 3.05) is 7.11 Å². The van der Waals surface area contributed by atoms with Crippen LogP contribution in [0.25, 0.3) is 6.08 Å². The Kier molecular flexibility index (Phi) is 3.75. The second-order valence-corrected chi connectivity index (χ2v) is 3.99. The highest BCUT2D eigenvalue weighted by Crippen LogP contribution is 2.18. The van der Waals surface area contributed by atoms with E-state index in [9.17, 15) is 9.18 Å². The first-order valence-electron chi connectivity index (χ1n) is 5.65. The number of hydrogen-bond acceptors (Lipinski definition) is 3. The van der Waals surface area contributed by atoms with Gasteiger partial charge in [-0.3, -0.25) is 9.48 Å². The van der Waals surface area contributed by atoms with Crippen molar-refractivity contribution < 1.29 is 13.9 Å². The van der Waals surface area contributed by atoms with Gasteiger partial charge in [-0.1, -0.05) is 12.1 Å². The smallest absolute Gasteiger partial charge is 0.189 e. The number of allylic oxidation sites excluding steroid dienone is 1. The van der Waals surface area contributed by atoms with E-state index in [1.54, 1.807) is 30.1 Å². The van der Waals surface area contributed by atoms with Crippen molar-refractivity contribution in [3.05, 3.63) is 53.6 Å². The van der Waals surface area contributed by atoms with Gasteiger partial charge < -0.3 is 4.74 Å². The second kappa shape index (κ2) is 5.48. The monoisotopic (exact) mass is 260 g/mol. The number of aromatic nitrogens is 2. The largest absolute Gasteiger partial charge is 0.494 e. The number of benzene rings is 1. The molecule has 0 aliphatic rings. The van der Waals surface area contributed by atoms with Crippen LogP contribution in [0.1, 0.15) is 15.9 Å². The lowest BCUT2D eigenvalue weighted by Gasteiger charge is -2.01. The number of carbonyl (C=O) groups excluding carboxylic acids is 1. The average molecular weight is 260 g/mol. The van der Waals surface area contributed by atoms with Gasteiger partial charge in [0.1, 0.15) is 0 Å². The number of methoxy groups -OCH3 is 1. The van der Waals surface area contributed by atoms with E-state index in [0.717, 1.165) is 0 Å². The zero-order valence-electron chi connectivity index (χ0n) is 10.6. The molecule has 0 atom stereocenters. The quantitative estimate of drug-likeness (QED) is 0.626. The lowest BCUT2D eigenvalue weighted by Crippen LogP contribution is -1.92. The summed E-state index contributed by atoms with van der Waals surface area (Å²) in [5.41, 5.74) is 1.09. The standard InChI is InChI=1S/C14H13FN2O2/c1-17-9-11(8-16-17)13(18)5-3-10-4-6-14(19-2)12(15)7-10/h3-9H,1-2H3/b5-3+. The molecule has 0 N–H and O–H groups in total. The summed E-state index contributed by atoms with van der Waals surface area (Å²) < 4.78 is 19.8. The van der Waals surface area contributed by atoms with Gasteiger partial charge in [0.25, 0.3) is 0 Å². The number of rotatable bonds is 4. The maximum absolute atomic E-state index is 13.4. The van der Waals surface area contributed by atoms with Crippen LogP contribution in [-0.2, 0) is 7.05 Å². The number of carbonyl (C=O) groups is 1. The minimum atomic E-state index is -0.460. The number of aryl methyl sites for hydroxylation is 1. The zero-order chi connectivity index (χ0) is 13.8. The summed E-state index contributed by atoms with van der Waals surface area (Å²) in [6, 6.07) is 4.50. The highest BCUT2D eigenvalue weighted by Gasteiger charge is 2.05. The van der Waals surface area contributed by atoms with Crippen LogP contribution in [0.4, 0.5) is 4.39 Å². The third-order valence-electron chi connectivity index (χ3n) is 2.59. The minimum absolute atomic E-state index is 0.177. The summed E-state index contributed by atoms with van der Waals surface area (Å²) >= 11 is 0. The molecule has 1 aromatic carbocycles. The Bertz CT molecular complexity index is 632. The summed E-state index contributed by atoms with van der Waals surface area (Å²) in [7, 11) is 3.14. The van der Waals surface area contributed by atoms with Crippen LogP contribution in [0.2, 0.25) is 0 Å². The lowest BCUT2D eigenvalue weighted by atomic mass is 10.1. The highest BCUT2D eigenvalue weighted by atomic mass is 19.1. The number of ketones is 1. The molecule has 4 nitrogen and oxygen atoms in total. The molecule has 0 saturated heterocycles. The van der Waals surface area contributed by atoms with E-state index >= 15 is 0 Å². The number of ether oxygens (including phenoxy) is 1. The first-order valence-corrected chi connectivity index (χ1v) is 5.65. The molecule has 98 valence electrons. The Morgan fingerprint density at radius 2 is 2.26 bits per heavy atom. The Hall–Kier alpha value is -2.43. The molecular formula is C14H13FN2O2. The molecule has 0 bridgehead atoms. The van der Waals surface area contributed by atoms with Gasteiger partial charge in [0, 0.05) is 13.2 Å². The van der Waals surface area contributed by atoms with E-state index in [2.05, 4.69) is 5.10 Å². The molecule has 2 rings (SSSR count). The molecule has 0 fully saturated rings. The lowest BCUT2D eigenvalue weighted by molar-refractivity contribution is 0.104. The van der Waals surface area contributed by atoms with Gasteiger partial charge in [0.05, 0.1) is 18.9 Å². The van der Waals surface area contributed by atoms with Crippen LogP contribution >= 0.6 is 0 Å². The van der Waals surface area contributed by atoms with Crippen molar-refractivity contribution >= 4 is 11.9 Å². The van der Waals surface area contributed by atoms with E-state index in [-0.39, 0.29) is 11.5 Å². The van der Waals surface area contributed by atoms with Gasteiger partial charge >= 0.3 is 0 Å². The molecular weight excluding hydrogens is 247 g/mol. The van der Waals surface area contributed by atoms with Crippen molar-refractivity contribution in [3.63, 3.8) is 0 Å². The Balaban J connectivity index is 2.14. The Morgan fingerprint density at radius 3 is 2.84 bits per heavy atom. The van der Waals surface area contributed by atoms with E-state index in [0.29, 0.717) is 11.1 Å². The number of hydrogen-bond donors (Lipinski definition) is 0. The first kappa shape index (κ1) is 13.0. The summed E-state index contributed by atoms with van der Waals surface area (Å²) in [6.07, 6.45) is 6.05. The fourth-order valence-corrected chi connectivity index (χ4v) is 1.60. The molecule has 0 aliphatic heterocycles. The topological polar surface area (TPSA) is 44.1 Å². The van der Waals surface area contributed by atoms with Gasteiger partial charge in [-0.25, -0.2) is 4.39 Å². The summed E-state index contributed by atoms with van der Waals surface area (Å²) in [5, 5.41) is 3.91. The van der Waals surface area contributed by atoms with E-state index < -0.39 is 5.82 Å². The van der Waals surface area contributed by atoms with Crippen LogP contribution in [0.15, 0.2) is 36.7 Å². The number of halogens is 1. The van der Waals surface area contributed by atoms with Gasteiger partial charge in [0.2, 0.25) is 0 Å². The fraction of sp³-hybridized carbons (Fsp3) is 0.143. The average Bonchev–Trinajstić information content (AvgIpc) is 2.83. The molecule has 0 amide bonds. The van der Waals surface area contributed by atoms with E-state index in [1.165, 1.54) is 31.5 Å². The molecule has 0 radical (unpaired) electrons. The predicted octanol–water partition coefficient (Wildman–Crippen LogP) is 2.46. The van der Waals surface area contributed by atoms with Crippen molar-refractivity contribution in [1.82, 2.24) is 9.78 Å². The molecule has 0 saturated carbocycles. The molecule has 0 aliphatic carbocycles. The predicted molar refractivity (Wildman–Crippen MR) is 69.5 cm³/mol. The molecule has 1 heterocycles. The molecule has 19 heavy (non-hydrogen) atoms. The zero-order valence-corrected chi connectivity index (χ0v) is 10.6. The van der Waals surface area contributed by atoms with E-state index in [1.807, 2.05) is 0 Å². The minimum Gasteiger partial charge on any atom is -0.494 e. The molecule has 1 aromatic heterocycles. The SMILES string of the molecule is COc1ccc(/C=C/C(=O)c2cnn(C)c2)cc1F. The Labute approximate surface area is 110 Å². The summed E-state index contributed by atoms with van der Waals surface area (Å²) in [5.74, 6) is -0.460. The summed E-state index contributed by atoms with van der Waals surface area (Å²) in [4.78, 5) is 11.8. The third-order valence-corrected chi connectivity index (χ3v) is 2.59. The van der Waals surface area contributed by atoms with Gasteiger partial charge in [-0.2, -0.15) is 5.10 Å². The third kappa shape index (κ3) is 3.07. The van der Waals surface area contributed by atoms with Crippen molar-refractivity contribution in [3.8, 4) is 5.75 Å². The number of nitrogens with zero attached hydrogens (tertiary/aromatic N) is 2. The van der Waals surface area contributed by atoms with E-state index in [4.69, 9.17) is 4.74 Å². The van der Waals surface area contributed by atoms with Gasteiger partial charge in [-0.05, 0) is 23.8 Å². The summed E-state index contributed by atoms with van der Waals surface area (Å²) in [6.45, 7) is 0. The molecule has 2 aromatic rings. The molecule has 0 spiro atoms. The normalized spacial score (nSPS) is 10.9. The van der Waals surface area contributed by atoms with Gasteiger partial charge in [0.15, 0.2) is 17.3 Å². The van der Waals surface area contributed by atoms with Crippen LogP contribution < -0.4 is 4.74 Å².